The van der Waals surface area contributed by atoms with E-state index in [9.17, 15) is 29.1 Å². The van der Waals surface area contributed by atoms with Crippen molar-refractivity contribution in [1.29, 1.82) is 0 Å². The second-order valence-corrected chi connectivity index (χ2v) is 9.31. The van der Waals surface area contributed by atoms with Gasteiger partial charge < -0.3 is 41.9 Å². The number of H-pyrrole nitrogens is 2. The van der Waals surface area contributed by atoms with E-state index in [1.54, 1.807) is 30.3 Å². The highest BCUT2D eigenvalue weighted by molar-refractivity contribution is 5.94. The van der Waals surface area contributed by atoms with E-state index in [1.165, 1.54) is 25.0 Å². The molecule has 41 heavy (non-hydrogen) atoms. The Balaban J connectivity index is 1.78. The maximum absolute atomic E-state index is 13.5. The quantitative estimate of drug-likeness (QED) is 0.103. The molecule has 0 saturated carbocycles. The molecule has 2 heterocycles. The molecule has 0 bridgehead atoms. The van der Waals surface area contributed by atoms with Crippen molar-refractivity contribution in [3.63, 3.8) is 0 Å². The third-order valence-corrected chi connectivity index (χ3v) is 6.12. The van der Waals surface area contributed by atoms with Crippen LogP contribution in [0.25, 0.3) is 0 Å². The van der Waals surface area contributed by atoms with E-state index in [0.29, 0.717) is 17.0 Å². The average Bonchev–Trinajstić information content (AvgIpc) is 3.65. The topological polar surface area (TPSA) is 245 Å². The summed E-state index contributed by atoms with van der Waals surface area (Å²) < 4.78 is 0. The highest BCUT2D eigenvalue weighted by Crippen LogP contribution is 2.08. The number of aliphatic carboxylic acids is 2. The van der Waals surface area contributed by atoms with Crippen LogP contribution < -0.4 is 21.7 Å². The molecule has 0 aliphatic carbocycles. The molecule has 4 atom stereocenters. The van der Waals surface area contributed by atoms with Gasteiger partial charge in [-0.15, -0.1) is 0 Å². The third kappa shape index (κ3) is 9.89. The number of hydrogen-bond acceptors (Lipinski definition) is 8. The molecule has 9 N–H and O–H groups in total. The maximum Gasteiger partial charge on any atom is 0.326 e. The lowest BCUT2D eigenvalue weighted by atomic mass is 10.0. The van der Waals surface area contributed by atoms with Gasteiger partial charge in [-0.25, -0.2) is 14.8 Å². The first-order valence-electron chi connectivity index (χ1n) is 12.7. The molecule has 3 rings (SSSR count). The number of nitrogens with one attached hydrogen (secondary N) is 5. The van der Waals surface area contributed by atoms with Gasteiger partial charge in [0.15, 0.2) is 0 Å². The molecule has 15 heteroatoms. The predicted octanol–water partition coefficient (Wildman–Crippen LogP) is -1.11. The summed E-state index contributed by atoms with van der Waals surface area (Å²) in [6.45, 7) is 0. The van der Waals surface area contributed by atoms with Crippen molar-refractivity contribution in [2.24, 2.45) is 5.73 Å². The van der Waals surface area contributed by atoms with Crippen LogP contribution in [0.3, 0.4) is 0 Å². The van der Waals surface area contributed by atoms with Crippen molar-refractivity contribution < 1.29 is 34.2 Å². The molecule has 1 aromatic carbocycles. The Bertz CT molecular complexity index is 1300. The molecule has 0 saturated heterocycles. The number of aromatic amines is 2. The lowest BCUT2D eigenvalue weighted by molar-refractivity contribution is -0.143. The first-order chi connectivity index (χ1) is 19.6. The number of carbonyl (C=O) groups is 5. The SMILES string of the molecule is NC(Cc1cnc[nH]1)C(=O)NC(Cc1cnc[nH]1)C(=O)NC(Cc1ccccc1)C(=O)NC(CCC(=O)O)C(=O)O. The number of benzene rings is 1. The number of nitrogens with zero attached hydrogens (tertiary/aromatic N) is 2. The highest BCUT2D eigenvalue weighted by atomic mass is 16.4. The Morgan fingerprint density at radius 2 is 1.29 bits per heavy atom. The second kappa shape index (κ2) is 14.9. The third-order valence-electron chi connectivity index (χ3n) is 6.12. The first kappa shape index (κ1) is 30.5. The molecule has 0 aliphatic rings. The maximum atomic E-state index is 13.5. The van der Waals surface area contributed by atoms with Gasteiger partial charge in [0.2, 0.25) is 17.7 Å². The molecule has 0 spiro atoms. The Kier molecular flexibility index (Phi) is 11.1. The Hall–Kier alpha value is -5.05. The number of carboxylic acids is 2. The molecule has 4 unspecified atom stereocenters. The van der Waals surface area contributed by atoms with Crippen LogP contribution in [0.4, 0.5) is 0 Å². The number of nitrogens with two attached hydrogens (primary N) is 1. The molecule has 218 valence electrons. The van der Waals surface area contributed by atoms with Crippen molar-refractivity contribution in [2.45, 2.75) is 56.3 Å². The second-order valence-electron chi connectivity index (χ2n) is 9.31. The van der Waals surface area contributed by atoms with Gasteiger partial charge in [0.25, 0.3) is 0 Å². The average molecular weight is 569 g/mol. The minimum absolute atomic E-state index is 0.00621. The summed E-state index contributed by atoms with van der Waals surface area (Å²) in [5.74, 6) is -4.82. The first-order valence-corrected chi connectivity index (χ1v) is 12.7. The van der Waals surface area contributed by atoms with E-state index in [0.717, 1.165) is 0 Å². The summed E-state index contributed by atoms with van der Waals surface area (Å²) in [6, 6.07) is 3.76. The van der Waals surface area contributed by atoms with Crippen molar-refractivity contribution in [2.75, 3.05) is 0 Å². The van der Waals surface area contributed by atoms with Gasteiger partial charge >= 0.3 is 11.9 Å². The minimum Gasteiger partial charge on any atom is -0.481 e. The van der Waals surface area contributed by atoms with Gasteiger partial charge in [-0.1, -0.05) is 30.3 Å². The summed E-state index contributed by atoms with van der Waals surface area (Å²) in [7, 11) is 0. The summed E-state index contributed by atoms with van der Waals surface area (Å²) >= 11 is 0. The fraction of sp³-hybridized carbons (Fsp3) is 0.346. The van der Waals surface area contributed by atoms with E-state index in [-0.39, 0.29) is 25.7 Å². The fourth-order valence-corrected chi connectivity index (χ4v) is 3.96. The van der Waals surface area contributed by atoms with Gasteiger partial charge in [-0.2, -0.15) is 0 Å². The normalized spacial score (nSPS) is 13.8. The number of imidazole rings is 2. The zero-order valence-electron chi connectivity index (χ0n) is 21.9. The number of carboxylic acid groups (broad SMARTS) is 2. The molecule has 0 radical (unpaired) electrons. The van der Waals surface area contributed by atoms with Crippen LogP contribution in [0.5, 0.6) is 0 Å². The van der Waals surface area contributed by atoms with Gasteiger partial charge in [0, 0.05) is 49.5 Å². The monoisotopic (exact) mass is 568 g/mol. The molecular weight excluding hydrogens is 536 g/mol. The van der Waals surface area contributed by atoms with Crippen LogP contribution in [0.1, 0.15) is 29.8 Å². The highest BCUT2D eigenvalue weighted by Gasteiger charge is 2.31. The lowest BCUT2D eigenvalue weighted by Gasteiger charge is -2.25. The van der Waals surface area contributed by atoms with E-state index in [1.807, 2.05) is 0 Å². The van der Waals surface area contributed by atoms with Crippen LogP contribution in [-0.4, -0.2) is 84.0 Å². The molecule has 2 aromatic heterocycles. The van der Waals surface area contributed by atoms with Crippen LogP contribution in [0.15, 0.2) is 55.4 Å². The van der Waals surface area contributed by atoms with Crippen LogP contribution in [0, 0.1) is 0 Å². The lowest BCUT2D eigenvalue weighted by Crippen LogP contribution is -2.58. The Labute approximate surface area is 234 Å². The van der Waals surface area contributed by atoms with Crippen LogP contribution in [0.2, 0.25) is 0 Å². The van der Waals surface area contributed by atoms with Crippen molar-refractivity contribution in [3.05, 3.63) is 72.3 Å². The molecule has 15 nitrogen and oxygen atoms in total. The number of rotatable bonds is 16. The van der Waals surface area contributed by atoms with Crippen molar-refractivity contribution in [3.8, 4) is 0 Å². The molecule has 3 amide bonds. The van der Waals surface area contributed by atoms with Crippen LogP contribution >= 0.6 is 0 Å². The van der Waals surface area contributed by atoms with Gasteiger partial charge in [0.1, 0.15) is 18.1 Å². The van der Waals surface area contributed by atoms with Gasteiger partial charge in [-0.3, -0.25) is 19.2 Å². The summed E-state index contributed by atoms with van der Waals surface area (Å²) in [5, 5.41) is 26.0. The largest absolute Gasteiger partial charge is 0.481 e. The molecule has 3 aromatic rings. The molecule has 0 aliphatic heterocycles. The Morgan fingerprint density at radius 3 is 1.83 bits per heavy atom. The zero-order valence-corrected chi connectivity index (χ0v) is 21.9. The molecular formula is C26H32N8O7. The summed E-state index contributed by atoms with van der Waals surface area (Å²) in [4.78, 5) is 75.8. The minimum atomic E-state index is -1.49. The van der Waals surface area contributed by atoms with Gasteiger partial charge in [0.05, 0.1) is 18.7 Å². The van der Waals surface area contributed by atoms with Crippen LogP contribution in [-0.2, 0) is 43.2 Å². The smallest absolute Gasteiger partial charge is 0.326 e. The van der Waals surface area contributed by atoms with E-state index >= 15 is 0 Å². The number of carbonyl (C=O) groups excluding carboxylic acids is 3. The van der Waals surface area contributed by atoms with E-state index in [4.69, 9.17) is 10.8 Å². The predicted molar refractivity (Wildman–Crippen MR) is 143 cm³/mol. The van der Waals surface area contributed by atoms with E-state index < -0.39 is 60.2 Å². The summed E-state index contributed by atoms with van der Waals surface area (Å²) in [5.41, 5.74) is 7.86. The Morgan fingerprint density at radius 1 is 0.756 bits per heavy atom. The van der Waals surface area contributed by atoms with E-state index in [2.05, 4.69) is 35.9 Å². The van der Waals surface area contributed by atoms with Gasteiger partial charge in [-0.05, 0) is 12.0 Å². The fourth-order valence-electron chi connectivity index (χ4n) is 3.96. The summed E-state index contributed by atoms with van der Waals surface area (Å²) in [6.07, 6.45) is 5.14. The molecule has 0 fully saturated rings. The number of aromatic nitrogens is 4. The number of hydrogen-bond donors (Lipinski definition) is 8. The van der Waals surface area contributed by atoms with Crippen molar-refractivity contribution >= 4 is 29.7 Å². The van der Waals surface area contributed by atoms with Crippen molar-refractivity contribution in [1.82, 2.24) is 35.9 Å². The zero-order chi connectivity index (χ0) is 29.8. The standard InChI is InChI=1S/C26H32N8O7/c27-18(9-16-11-28-13-30-16)23(37)33-21(10-17-12-29-14-31-17)25(39)34-20(8-15-4-2-1-3-5-15)24(38)32-19(26(40)41)6-7-22(35)36/h1-5,11-14,18-21H,6-10,27H2,(H,28,30)(H,29,31)(H,32,38)(H,33,37)(H,34,39)(H,35,36)(H,40,41). The number of amides is 3.